The molecule has 0 amide bonds. The van der Waals surface area contributed by atoms with Gasteiger partial charge < -0.3 is 10.8 Å². The minimum atomic E-state index is -0.297. The maximum Gasteiger partial charge on any atom is 0.140 e. The predicted molar refractivity (Wildman–Crippen MR) is 67.7 cm³/mol. The molecule has 1 aliphatic rings. The van der Waals surface area contributed by atoms with Crippen molar-refractivity contribution in [2.45, 2.75) is 51.5 Å². The number of halogens is 1. The Bertz CT molecular complexity index is 207. The molecule has 4 heteroatoms. The molecule has 1 rings (SSSR count). The molecule has 3 nitrogen and oxygen atoms in total. The van der Waals surface area contributed by atoms with Gasteiger partial charge in [0.15, 0.2) is 0 Å². The Labute approximate surface area is 103 Å². The fraction of sp³-hybridized carbons (Fsp3) is 0.917. The van der Waals surface area contributed by atoms with Crippen LogP contribution in [0.3, 0.4) is 0 Å². The predicted octanol–water partition coefficient (Wildman–Crippen LogP) is 2.09. The van der Waals surface area contributed by atoms with Crippen LogP contribution >= 0.6 is 11.6 Å². The zero-order valence-electron chi connectivity index (χ0n) is 10.3. The summed E-state index contributed by atoms with van der Waals surface area (Å²) in [7, 11) is 1.00. The fourth-order valence-corrected chi connectivity index (χ4v) is 2.85. The van der Waals surface area contributed by atoms with E-state index >= 15 is 0 Å². The molecule has 0 aromatic rings. The fourth-order valence-electron chi connectivity index (χ4n) is 2.52. The molecule has 0 heterocycles. The summed E-state index contributed by atoms with van der Waals surface area (Å²) >= 11 is 5.78. The number of Topliss-reactive ketones (excluding diaryl/α,β-unsaturated/α-hetero) is 1. The van der Waals surface area contributed by atoms with Crippen LogP contribution < -0.4 is 5.73 Å². The summed E-state index contributed by atoms with van der Waals surface area (Å²) in [4.78, 5) is 12.0. The van der Waals surface area contributed by atoms with E-state index in [9.17, 15) is 4.79 Å². The molecule has 0 aliphatic heterocycles. The number of aliphatic hydroxyl groups is 1. The number of ketones is 1. The van der Waals surface area contributed by atoms with Gasteiger partial charge in [0, 0.05) is 30.9 Å². The second-order valence-corrected chi connectivity index (χ2v) is 4.62. The third kappa shape index (κ3) is 3.44. The van der Waals surface area contributed by atoms with E-state index in [1.165, 1.54) is 0 Å². The quantitative estimate of drug-likeness (QED) is 0.750. The van der Waals surface area contributed by atoms with E-state index in [-0.39, 0.29) is 11.5 Å². The number of carbonyl (C=O) groups excluding carboxylic acids is 1. The number of aliphatic hydroxyl groups excluding tert-OH is 1. The van der Waals surface area contributed by atoms with Gasteiger partial charge in [-0.2, -0.15) is 0 Å². The SMILES string of the molecule is CCC(N)C1(CCCl)CCCCC1=O.CO. The molecule has 0 radical (unpaired) electrons. The van der Waals surface area contributed by atoms with Crippen LogP contribution in [0.2, 0.25) is 0 Å². The summed E-state index contributed by atoms with van der Waals surface area (Å²) in [6, 6.07) is -0.00551. The van der Waals surface area contributed by atoms with E-state index in [2.05, 4.69) is 0 Å². The van der Waals surface area contributed by atoms with E-state index in [0.717, 1.165) is 39.2 Å². The summed E-state index contributed by atoms with van der Waals surface area (Å²) in [6.07, 6.45) is 5.40. The second kappa shape index (κ2) is 8.04. The van der Waals surface area contributed by atoms with Crippen LogP contribution in [0.1, 0.15) is 45.4 Å². The van der Waals surface area contributed by atoms with E-state index in [1.807, 2.05) is 6.92 Å². The van der Waals surface area contributed by atoms with Crippen LogP contribution in [0.15, 0.2) is 0 Å². The van der Waals surface area contributed by atoms with Gasteiger partial charge >= 0.3 is 0 Å². The lowest BCUT2D eigenvalue weighted by molar-refractivity contribution is -0.133. The molecule has 0 aromatic carbocycles. The Morgan fingerprint density at radius 3 is 2.56 bits per heavy atom. The van der Waals surface area contributed by atoms with Crippen LogP contribution in [0.4, 0.5) is 0 Å². The average Bonchev–Trinajstić information content (AvgIpc) is 2.34. The zero-order chi connectivity index (χ0) is 12.6. The Hall–Kier alpha value is -0.120. The lowest BCUT2D eigenvalue weighted by Gasteiger charge is -2.40. The lowest BCUT2D eigenvalue weighted by atomic mass is 9.66. The highest BCUT2D eigenvalue weighted by Crippen LogP contribution is 2.40. The van der Waals surface area contributed by atoms with Crippen molar-refractivity contribution in [3.8, 4) is 0 Å². The van der Waals surface area contributed by atoms with E-state index in [4.69, 9.17) is 22.4 Å². The topological polar surface area (TPSA) is 63.3 Å². The molecule has 2 atom stereocenters. The minimum absolute atomic E-state index is 0.00551. The van der Waals surface area contributed by atoms with Crippen molar-refractivity contribution in [2.24, 2.45) is 11.1 Å². The molecule has 0 aromatic heterocycles. The molecule has 0 bridgehead atoms. The van der Waals surface area contributed by atoms with Crippen molar-refractivity contribution in [1.82, 2.24) is 0 Å². The standard InChI is InChI=1S/C11H20ClNO.CH4O/c1-2-9(13)11(7-8-12)6-4-3-5-10(11)14;1-2/h9H,2-8,13H2,1H3;2H,1H3. The molecule has 2 unspecified atom stereocenters. The highest BCUT2D eigenvalue weighted by atomic mass is 35.5. The van der Waals surface area contributed by atoms with Gasteiger partial charge in [0.25, 0.3) is 0 Å². The maximum atomic E-state index is 12.0. The molecule has 0 spiro atoms. The first-order chi connectivity index (χ1) is 7.67. The van der Waals surface area contributed by atoms with E-state index < -0.39 is 0 Å². The Kier molecular flexibility index (Phi) is 7.98. The zero-order valence-corrected chi connectivity index (χ0v) is 11.1. The monoisotopic (exact) mass is 249 g/mol. The van der Waals surface area contributed by atoms with Gasteiger partial charge in [-0.15, -0.1) is 11.6 Å². The van der Waals surface area contributed by atoms with Gasteiger partial charge in [0.2, 0.25) is 0 Å². The third-order valence-corrected chi connectivity index (χ3v) is 3.71. The Morgan fingerprint density at radius 2 is 2.12 bits per heavy atom. The van der Waals surface area contributed by atoms with Crippen molar-refractivity contribution in [2.75, 3.05) is 13.0 Å². The summed E-state index contributed by atoms with van der Waals surface area (Å²) in [5.41, 5.74) is 5.78. The Balaban J connectivity index is 0.00000106. The summed E-state index contributed by atoms with van der Waals surface area (Å²) in [6.45, 7) is 2.04. The first kappa shape index (κ1) is 15.9. The minimum Gasteiger partial charge on any atom is -0.400 e. The molecule has 3 N–H and O–H groups in total. The van der Waals surface area contributed by atoms with Crippen LogP contribution in [0.25, 0.3) is 0 Å². The molecular weight excluding hydrogens is 226 g/mol. The van der Waals surface area contributed by atoms with Gasteiger partial charge in [0.05, 0.1) is 0 Å². The number of rotatable bonds is 4. The van der Waals surface area contributed by atoms with Gasteiger partial charge in [-0.3, -0.25) is 4.79 Å². The summed E-state index contributed by atoms with van der Waals surface area (Å²) in [5, 5.41) is 7.00. The number of hydrogen-bond donors (Lipinski definition) is 2. The molecular formula is C12H24ClNO2. The smallest absolute Gasteiger partial charge is 0.140 e. The molecule has 1 aliphatic carbocycles. The van der Waals surface area contributed by atoms with Crippen molar-refractivity contribution < 1.29 is 9.90 Å². The molecule has 0 saturated heterocycles. The first-order valence-electron chi connectivity index (χ1n) is 5.97. The van der Waals surface area contributed by atoms with Gasteiger partial charge in [-0.05, 0) is 25.7 Å². The number of alkyl halides is 1. The normalized spacial score (nSPS) is 26.9. The van der Waals surface area contributed by atoms with Crippen LogP contribution in [-0.4, -0.2) is 29.9 Å². The summed E-state index contributed by atoms with van der Waals surface area (Å²) < 4.78 is 0. The Morgan fingerprint density at radius 1 is 1.50 bits per heavy atom. The highest BCUT2D eigenvalue weighted by molar-refractivity contribution is 6.18. The average molecular weight is 250 g/mol. The maximum absolute atomic E-state index is 12.0. The van der Waals surface area contributed by atoms with Crippen LogP contribution in [-0.2, 0) is 4.79 Å². The van der Waals surface area contributed by atoms with Gasteiger partial charge in [-0.1, -0.05) is 13.3 Å². The second-order valence-electron chi connectivity index (χ2n) is 4.24. The van der Waals surface area contributed by atoms with Crippen molar-refractivity contribution in [3.05, 3.63) is 0 Å². The summed E-state index contributed by atoms with van der Waals surface area (Å²) in [5.74, 6) is 0.887. The highest BCUT2D eigenvalue weighted by Gasteiger charge is 2.43. The van der Waals surface area contributed by atoms with Crippen molar-refractivity contribution in [1.29, 1.82) is 0 Å². The molecule has 16 heavy (non-hydrogen) atoms. The van der Waals surface area contributed by atoms with Gasteiger partial charge in [0.1, 0.15) is 5.78 Å². The van der Waals surface area contributed by atoms with E-state index in [1.54, 1.807) is 0 Å². The van der Waals surface area contributed by atoms with Crippen LogP contribution in [0, 0.1) is 5.41 Å². The van der Waals surface area contributed by atoms with Crippen molar-refractivity contribution in [3.63, 3.8) is 0 Å². The molecule has 96 valence electrons. The largest absolute Gasteiger partial charge is 0.400 e. The number of hydrogen-bond acceptors (Lipinski definition) is 3. The number of carbonyl (C=O) groups is 1. The third-order valence-electron chi connectivity index (χ3n) is 3.52. The van der Waals surface area contributed by atoms with E-state index in [0.29, 0.717) is 18.1 Å². The van der Waals surface area contributed by atoms with Crippen molar-refractivity contribution >= 4 is 17.4 Å². The molecule has 1 fully saturated rings. The van der Waals surface area contributed by atoms with Crippen LogP contribution in [0.5, 0.6) is 0 Å². The number of nitrogens with two attached hydrogens (primary N) is 1. The first-order valence-corrected chi connectivity index (χ1v) is 6.50. The lowest BCUT2D eigenvalue weighted by Crippen LogP contribution is -2.49. The van der Waals surface area contributed by atoms with Gasteiger partial charge in [-0.25, -0.2) is 0 Å². The molecule has 1 saturated carbocycles.